The lowest BCUT2D eigenvalue weighted by Crippen LogP contribution is -2.31. The zero-order chi connectivity index (χ0) is 12.8. The lowest BCUT2D eigenvalue weighted by Gasteiger charge is -2.13. The maximum atomic E-state index is 11.4. The molecule has 17 heavy (non-hydrogen) atoms. The highest BCUT2D eigenvalue weighted by Crippen LogP contribution is 2.26. The van der Waals surface area contributed by atoms with Crippen molar-refractivity contribution in [2.24, 2.45) is 0 Å². The van der Waals surface area contributed by atoms with Gasteiger partial charge in [0.25, 0.3) is 5.56 Å². The van der Waals surface area contributed by atoms with Crippen LogP contribution in [-0.2, 0) is 4.74 Å². The highest BCUT2D eigenvalue weighted by Gasteiger charge is 2.24. The molecule has 1 unspecified atom stereocenters. The molecule has 1 aliphatic rings. The molecule has 0 aromatic carbocycles. The van der Waals surface area contributed by atoms with Crippen LogP contribution in [0.2, 0.25) is 0 Å². The maximum Gasteiger partial charge on any atom is 0.330 e. The Balaban J connectivity index is 0.000000686. The molecule has 6 heteroatoms. The second-order valence-corrected chi connectivity index (χ2v) is 3.46. The van der Waals surface area contributed by atoms with Gasteiger partial charge in [-0.25, -0.2) is 4.79 Å². The van der Waals surface area contributed by atoms with Crippen LogP contribution >= 0.6 is 0 Å². The van der Waals surface area contributed by atoms with E-state index in [1.165, 1.54) is 16.8 Å². The van der Waals surface area contributed by atoms with Crippen molar-refractivity contribution in [2.45, 2.75) is 25.2 Å². The summed E-state index contributed by atoms with van der Waals surface area (Å²) in [5.74, 6) is 0. The van der Waals surface area contributed by atoms with Gasteiger partial charge < -0.3 is 9.84 Å². The number of rotatable bonds is 2. The number of aromatic nitrogens is 2. The quantitative estimate of drug-likeness (QED) is 0.713. The highest BCUT2D eigenvalue weighted by molar-refractivity contribution is 4.89. The molecule has 94 valence electrons. The smallest absolute Gasteiger partial charge is 0.330 e. The first-order valence-electron chi connectivity index (χ1n) is 5.25. The minimum atomic E-state index is -0.433. The molecular weight excluding hydrogens is 224 g/mol. The summed E-state index contributed by atoms with van der Waals surface area (Å²) in [5, 5.41) is 7.00. The zero-order valence-electron chi connectivity index (χ0n) is 9.63. The molecule has 6 nitrogen and oxygen atoms in total. The fourth-order valence-corrected chi connectivity index (χ4v) is 1.68. The van der Waals surface area contributed by atoms with Crippen molar-refractivity contribution in [3.63, 3.8) is 0 Å². The summed E-state index contributed by atoms with van der Waals surface area (Å²) in [6.45, 7) is 3.64. The number of aromatic amines is 1. The molecule has 1 fully saturated rings. The molecule has 2 heterocycles. The highest BCUT2D eigenvalue weighted by atomic mass is 16.5. The maximum absolute atomic E-state index is 11.4. The molecule has 0 bridgehead atoms. The number of nitrogens with one attached hydrogen (secondary N) is 1. The Labute approximate surface area is 98.2 Å². The molecule has 0 saturated carbocycles. The van der Waals surface area contributed by atoms with Crippen LogP contribution in [0.25, 0.3) is 0 Å². The summed E-state index contributed by atoms with van der Waals surface area (Å²) in [5.41, 5.74) is -0.827. The van der Waals surface area contributed by atoms with Crippen molar-refractivity contribution in [1.82, 2.24) is 9.55 Å². The van der Waals surface area contributed by atoms with Crippen LogP contribution in [0, 0.1) is 0 Å². The van der Waals surface area contributed by atoms with Crippen molar-refractivity contribution in [3.05, 3.63) is 45.8 Å². The average Bonchev–Trinajstić information content (AvgIpc) is 2.80. The Morgan fingerprint density at radius 2 is 2.24 bits per heavy atom. The van der Waals surface area contributed by atoms with Gasteiger partial charge in [0.15, 0.2) is 0 Å². The third-order valence-electron chi connectivity index (χ3n) is 2.45. The Bertz CT molecular complexity index is 477. The molecule has 0 amide bonds. The van der Waals surface area contributed by atoms with Crippen LogP contribution in [-0.4, -0.2) is 27.9 Å². The lowest BCUT2D eigenvalue weighted by molar-refractivity contribution is 0.0204. The van der Waals surface area contributed by atoms with Crippen LogP contribution in [0.4, 0.5) is 0 Å². The van der Waals surface area contributed by atoms with Gasteiger partial charge in [-0.3, -0.25) is 14.3 Å². The lowest BCUT2D eigenvalue weighted by atomic mass is 10.2. The van der Waals surface area contributed by atoms with E-state index in [2.05, 4.69) is 11.6 Å². The number of aliphatic hydroxyl groups excluding tert-OH is 1. The van der Waals surface area contributed by atoms with E-state index in [1.807, 2.05) is 0 Å². The van der Waals surface area contributed by atoms with Crippen molar-refractivity contribution >= 4 is 0 Å². The molecule has 0 aliphatic carbocycles. The topological polar surface area (TPSA) is 84.3 Å². The Morgan fingerprint density at radius 1 is 1.53 bits per heavy atom. The number of hydrogen-bond donors (Lipinski definition) is 2. The molecule has 0 spiro atoms. The Hall–Kier alpha value is -1.66. The molecular formula is C11H16N2O4. The minimum Gasteiger partial charge on any atom is -0.400 e. The first-order valence-corrected chi connectivity index (χ1v) is 5.25. The van der Waals surface area contributed by atoms with Gasteiger partial charge in [0.2, 0.25) is 0 Å². The van der Waals surface area contributed by atoms with Crippen LogP contribution in [0.1, 0.15) is 19.1 Å². The van der Waals surface area contributed by atoms with Crippen molar-refractivity contribution in [3.8, 4) is 0 Å². The fraction of sp³-hybridized carbons (Fsp3) is 0.455. The molecule has 1 saturated heterocycles. The van der Waals surface area contributed by atoms with Gasteiger partial charge in [0, 0.05) is 19.4 Å². The second kappa shape index (κ2) is 6.17. The number of ether oxygens (including phenoxy) is 1. The predicted octanol–water partition coefficient (Wildman–Crippen LogP) is 0.00870. The predicted molar refractivity (Wildman–Crippen MR) is 62.8 cm³/mol. The average molecular weight is 240 g/mol. The Kier molecular flexibility index (Phi) is 4.86. The summed E-state index contributed by atoms with van der Waals surface area (Å²) >= 11 is 0. The number of aliphatic hydroxyl groups is 1. The van der Waals surface area contributed by atoms with Crippen LogP contribution in [0.15, 0.2) is 34.5 Å². The van der Waals surface area contributed by atoms with Gasteiger partial charge in [-0.05, 0) is 12.8 Å². The number of H-pyrrole nitrogens is 1. The van der Waals surface area contributed by atoms with E-state index in [0.717, 1.165) is 20.0 Å². The van der Waals surface area contributed by atoms with Crippen LogP contribution in [0.5, 0.6) is 0 Å². The van der Waals surface area contributed by atoms with E-state index in [1.54, 1.807) is 6.08 Å². The van der Waals surface area contributed by atoms with E-state index in [4.69, 9.17) is 9.84 Å². The summed E-state index contributed by atoms with van der Waals surface area (Å²) < 4.78 is 6.93. The summed E-state index contributed by atoms with van der Waals surface area (Å²) in [7, 11) is 1.00. The normalized spacial score (nSPS) is 22.7. The third-order valence-corrected chi connectivity index (χ3v) is 2.45. The Morgan fingerprint density at radius 3 is 2.76 bits per heavy atom. The molecule has 1 aromatic heterocycles. The first-order chi connectivity index (χ1) is 8.20. The fourth-order valence-electron chi connectivity index (χ4n) is 1.68. The number of hydrogen-bond acceptors (Lipinski definition) is 4. The van der Waals surface area contributed by atoms with Crippen molar-refractivity contribution in [2.75, 3.05) is 7.11 Å². The molecule has 1 aromatic rings. The standard InChI is InChI=1S/C10H12N2O3.CH4O/c1-2-7-3-4-9(15-7)12-6-5-8(13)11-10(12)14;1-2/h2,5-7,9H,1,3-4H2,(H,11,13,14);2H,1H3/t7-,9?;/m1./s1. The molecule has 2 N–H and O–H groups in total. The van der Waals surface area contributed by atoms with E-state index >= 15 is 0 Å². The van der Waals surface area contributed by atoms with Crippen molar-refractivity contribution < 1.29 is 9.84 Å². The van der Waals surface area contributed by atoms with Crippen LogP contribution < -0.4 is 11.2 Å². The molecule has 1 aliphatic heterocycles. The van der Waals surface area contributed by atoms with E-state index in [9.17, 15) is 9.59 Å². The van der Waals surface area contributed by atoms with Gasteiger partial charge in [0.1, 0.15) is 6.23 Å². The van der Waals surface area contributed by atoms with Gasteiger partial charge in [-0.1, -0.05) is 6.08 Å². The van der Waals surface area contributed by atoms with E-state index < -0.39 is 11.2 Å². The van der Waals surface area contributed by atoms with Gasteiger partial charge >= 0.3 is 5.69 Å². The van der Waals surface area contributed by atoms with Crippen LogP contribution in [0.3, 0.4) is 0 Å². The van der Waals surface area contributed by atoms with Gasteiger partial charge in [0.05, 0.1) is 6.10 Å². The monoisotopic (exact) mass is 240 g/mol. The summed E-state index contributed by atoms with van der Waals surface area (Å²) in [4.78, 5) is 24.5. The van der Waals surface area contributed by atoms with Gasteiger partial charge in [-0.2, -0.15) is 0 Å². The molecule has 2 atom stereocenters. The van der Waals surface area contributed by atoms with E-state index in [0.29, 0.717) is 0 Å². The largest absolute Gasteiger partial charge is 0.400 e. The van der Waals surface area contributed by atoms with Crippen molar-refractivity contribution in [1.29, 1.82) is 0 Å². The molecule has 2 rings (SSSR count). The zero-order valence-corrected chi connectivity index (χ0v) is 9.63. The van der Waals surface area contributed by atoms with E-state index in [-0.39, 0.29) is 12.3 Å². The van der Waals surface area contributed by atoms with Gasteiger partial charge in [-0.15, -0.1) is 6.58 Å². The minimum absolute atomic E-state index is 0.00571. The molecule has 0 radical (unpaired) electrons. The number of nitrogens with zero attached hydrogens (tertiary/aromatic N) is 1. The first kappa shape index (κ1) is 13.4. The summed E-state index contributed by atoms with van der Waals surface area (Å²) in [6, 6.07) is 1.31. The SMILES string of the molecule is C=C[C@@H]1CCC(n2ccc(=O)[nH]c2=O)O1.CO. The second-order valence-electron chi connectivity index (χ2n) is 3.46. The summed E-state index contributed by atoms with van der Waals surface area (Å²) in [6.07, 6.45) is 4.47. The third kappa shape index (κ3) is 3.15.